The van der Waals surface area contributed by atoms with Crippen molar-refractivity contribution in [2.45, 2.75) is 6.18 Å². The van der Waals surface area contributed by atoms with Crippen LogP contribution in [0.1, 0.15) is 15.9 Å². The molecule has 0 spiro atoms. The van der Waals surface area contributed by atoms with Gasteiger partial charge in [-0.2, -0.15) is 13.2 Å². The van der Waals surface area contributed by atoms with Gasteiger partial charge in [-0.05, 0) is 23.8 Å². The SMILES string of the molecule is Nc1cc(C(F)(F)F)ccc1-c1ccccc1C(=O)O. The normalized spacial score (nSPS) is 11.3. The van der Waals surface area contributed by atoms with E-state index in [0.29, 0.717) is 0 Å². The summed E-state index contributed by atoms with van der Waals surface area (Å²) < 4.78 is 37.7. The maximum atomic E-state index is 12.6. The number of alkyl halides is 3. The Morgan fingerprint density at radius 3 is 2.25 bits per heavy atom. The van der Waals surface area contributed by atoms with Gasteiger partial charge in [0.25, 0.3) is 0 Å². The number of anilines is 1. The Morgan fingerprint density at radius 1 is 1.05 bits per heavy atom. The Labute approximate surface area is 112 Å². The van der Waals surface area contributed by atoms with E-state index in [1.807, 2.05) is 0 Å². The second-order valence-electron chi connectivity index (χ2n) is 4.15. The summed E-state index contributed by atoms with van der Waals surface area (Å²) in [6.45, 7) is 0. The Hall–Kier alpha value is -2.50. The van der Waals surface area contributed by atoms with Crippen molar-refractivity contribution in [3.05, 3.63) is 53.6 Å². The molecule has 0 aliphatic rings. The highest BCUT2D eigenvalue weighted by molar-refractivity contribution is 5.97. The zero-order chi connectivity index (χ0) is 14.9. The molecule has 0 fully saturated rings. The Bertz CT molecular complexity index is 666. The Balaban J connectivity index is 2.58. The van der Waals surface area contributed by atoms with Gasteiger partial charge in [0.1, 0.15) is 0 Å². The number of benzene rings is 2. The first-order chi connectivity index (χ1) is 9.30. The molecule has 2 aromatic rings. The Kier molecular flexibility index (Phi) is 3.40. The van der Waals surface area contributed by atoms with E-state index in [1.54, 1.807) is 6.07 Å². The molecule has 3 N–H and O–H groups in total. The van der Waals surface area contributed by atoms with Gasteiger partial charge in [-0.3, -0.25) is 0 Å². The minimum atomic E-state index is -4.49. The lowest BCUT2D eigenvalue weighted by atomic mass is 9.97. The van der Waals surface area contributed by atoms with Crippen LogP contribution in [0.15, 0.2) is 42.5 Å². The molecule has 2 aromatic carbocycles. The van der Waals surface area contributed by atoms with E-state index >= 15 is 0 Å². The van der Waals surface area contributed by atoms with Crippen LogP contribution in [0.4, 0.5) is 18.9 Å². The molecule has 0 aliphatic carbocycles. The monoisotopic (exact) mass is 281 g/mol. The first kappa shape index (κ1) is 13.9. The average Bonchev–Trinajstić information content (AvgIpc) is 2.37. The number of aromatic carboxylic acids is 1. The van der Waals surface area contributed by atoms with Crippen molar-refractivity contribution >= 4 is 11.7 Å². The van der Waals surface area contributed by atoms with Crippen molar-refractivity contribution < 1.29 is 23.1 Å². The highest BCUT2D eigenvalue weighted by Gasteiger charge is 2.31. The van der Waals surface area contributed by atoms with Crippen LogP contribution < -0.4 is 5.73 Å². The topological polar surface area (TPSA) is 63.3 Å². The number of carboxylic acid groups (broad SMARTS) is 1. The second kappa shape index (κ2) is 4.88. The number of carbonyl (C=O) groups is 1. The van der Waals surface area contributed by atoms with Crippen molar-refractivity contribution in [3.63, 3.8) is 0 Å². The molecule has 20 heavy (non-hydrogen) atoms. The van der Waals surface area contributed by atoms with Crippen molar-refractivity contribution in [3.8, 4) is 11.1 Å². The van der Waals surface area contributed by atoms with Gasteiger partial charge in [0.2, 0.25) is 0 Å². The molecule has 0 saturated heterocycles. The first-order valence-electron chi connectivity index (χ1n) is 5.60. The van der Waals surface area contributed by atoms with E-state index in [0.717, 1.165) is 12.1 Å². The maximum absolute atomic E-state index is 12.6. The van der Waals surface area contributed by atoms with Crippen molar-refractivity contribution in [2.24, 2.45) is 0 Å². The molecule has 104 valence electrons. The molecular weight excluding hydrogens is 271 g/mol. The number of hydrogen-bond acceptors (Lipinski definition) is 2. The van der Waals surface area contributed by atoms with Gasteiger partial charge < -0.3 is 10.8 Å². The van der Waals surface area contributed by atoms with Gasteiger partial charge in [0.15, 0.2) is 0 Å². The van der Waals surface area contributed by atoms with Gasteiger partial charge in [-0.25, -0.2) is 4.79 Å². The van der Waals surface area contributed by atoms with Crippen LogP contribution in [0.25, 0.3) is 11.1 Å². The van der Waals surface area contributed by atoms with E-state index in [2.05, 4.69) is 0 Å². The van der Waals surface area contributed by atoms with Crippen LogP contribution >= 0.6 is 0 Å². The lowest BCUT2D eigenvalue weighted by molar-refractivity contribution is -0.137. The molecule has 2 rings (SSSR count). The fourth-order valence-electron chi connectivity index (χ4n) is 1.89. The number of hydrogen-bond donors (Lipinski definition) is 2. The lowest BCUT2D eigenvalue weighted by Gasteiger charge is -2.12. The van der Waals surface area contributed by atoms with Crippen LogP contribution in [-0.2, 0) is 6.18 Å². The number of carboxylic acids is 1. The fraction of sp³-hybridized carbons (Fsp3) is 0.0714. The maximum Gasteiger partial charge on any atom is 0.416 e. The highest BCUT2D eigenvalue weighted by atomic mass is 19.4. The molecule has 0 aromatic heterocycles. The van der Waals surface area contributed by atoms with Crippen LogP contribution in [0.2, 0.25) is 0 Å². The summed E-state index contributed by atoms with van der Waals surface area (Å²) in [4.78, 5) is 11.1. The van der Waals surface area contributed by atoms with Crippen molar-refractivity contribution in [1.82, 2.24) is 0 Å². The third-order valence-electron chi connectivity index (χ3n) is 2.83. The molecule has 6 heteroatoms. The first-order valence-corrected chi connectivity index (χ1v) is 5.60. The van der Waals surface area contributed by atoms with E-state index in [-0.39, 0.29) is 22.4 Å². The second-order valence-corrected chi connectivity index (χ2v) is 4.15. The summed E-state index contributed by atoms with van der Waals surface area (Å²) in [5.74, 6) is -1.17. The number of nitrogens with two attached hydrogens (primary N) is 1. The zero-order valence-electron chi connectivity index (χ0n) is 10.1. The van der Waals surface area contributed by atoms with Gasteiger partial charge in [-0.15, -0.1) is 0 Å². The third-order valence-corrected chi connectivity index (χ3v) is 2.83. The van der Waals surface area contributed by atoms with Gasteiger partial charge in [0.05, 0.1) is 11.1 Å². The van der Waals surface area contributed by atoms with Crippen LogP contribution in [-0.4, -0.2) is 11.1 Å². The van der Waals surface area contributed by atoms with Gasteiger partial charge in [-0.1, -0.05) is 24.3 Å². The predicted molar refractivity (Wildman–Crippen MR) is 68.3 cm³/mol. The lowest BCUT2D eigenvalue weighted by Crippen LogP contribution is -2.06. The van der Waals surface area contributed by atoms with Crippen molar-refractivity contribution in [1.29, 1.82) is 0 Å². The number of rotatable bonds is 2. The molecule has 0 unspecified atom stereocenters. The van der Waals surface area contributed by atoms with E-state index in [4.69, 9.17) is 10.8 Å². The minimum absolute atomic E-state index is 0.0149. The van der Waals surface area contributed by atoms with Crippen LogP contribution in [0.5, 0.6) is 0 Å². The van der Waals surface area contributed by atoms with Gasteiger partial charge in [0, 0.05) is 11.3 Å². The molecule has 0 heterocycles. The molecule has 0 aliphatic heterocycles. The number of nitrogen functional groups attached to an aromatic ring is 1. The van der Waals surface area contributed by atoms with E-state index in [1.165, 1.54) is 24.3 Å². The molecule has 0 radical (unpaired) electrons. The fourth-order valence-corrected chi connectivity index (χ4v) is 1.89. The quantitative estimate of drug-likeness (QED) is 0.826. The molecule has 0 amide bonds. The van der Waals surface area contributed by atoms with Crippen LogP contribution in [0, 0.1) is 0 Å². The molecular formula is C14H10F3NO2. The summed E-state index contributed by atoms with van der Waals surface area (Å²) >= 11 is 0. The molecule has 0 atom stereocenters. The highest BCUT2D eigenvalue weighted by Crippen LogP contribution is 2.35. The summed E-state index contributed by atoms with van der Waals surface area (Å²) in [7, 11) is 0. The predicted octanol–water partition coefficient (Wildman–Crippen LogP) is 3.65. The summed E-state index contributed by atoms with van der Waals surface area (Å²) in [6, 6.07) is 8.86. The smallest absolute Gasteiger partial charge is 0.416 e. The van der Waals surface area contributed by atoms with Gasteiger partial charge >= 0.3 is 12.1 Å². The zero-order valence-corrected chi connectivity index (χ0v) is 10.1. The summed E-state index contributed by atoms with van der Waals surface area (Å²) in [5.41, 5.74) is 5.17. The number of halogens is 3. The summed E-state index contributed by atoms with van der Waals surface area (Å²) in [6.07, 6.45) is -4.49. The summed E-state index contributed by atoms with van der Waals surface area (Å²) in [5, 5.41) is 9.08. The largest absolute Gasteiger partial charge is 0.478 e. The molecule has 0 saturated carbocycles. The van der Waals surface area contributed by atoms with Crippen LogP contribution in [0.3, 0.4) is 0 Å². The van der Waals surface area contributed by atoms with E-state index < -0.39 is 17.7 Å². The minimum Gasteiger partial charge on any atom is -0.478 e. The molecule has 0 bridgehead atoms. The average molecular weight is 281 g/mol. The van der Waals surface area contributed by atoms with E-state index in [9.17, 15) is 18.0 Å². The molecule has 3 nitrogen and oxygen atoms in total. The Morgan fingerprint density at radius 2 is 1.70 bits per heavy atom. The van der Waals surface area contributed by atoms with Crippen molar-refractivity contribution in [2.75, 3.05) is 5.73 Å². The third kappa shape index (κ3) is 2.59. The standard InChI is InChI=1S/C14H10F3NO2/c15-14(16,17)8-5-6-10(12(18)7-8)9-3-1-2-4-11(9)13(19)20/h1-7H,18H2,(H,19,20).